The van der Waals surface area contributed by atoms with Crippen LogP contribution in [0.15, 0.2) is 0 Å². The third kappa shape index (κ3) is 2.67. The van der Waals surface area contributed by atoms with Gasteiger partial charge in [0, 0.05) is 13.2 Å². The largest absolute Gasteiger partial charge is 0.394 e. The van der Waals surface area contributed by atoms with Gasteiger partial charge < -0.3 is 20.9 Å². The van der Waals surface area contributed by atoms with Crippen molar-refractivity contribution in [3.63, 3.8) is 0 Å². The van der Waals surface area contributed by atoms with Crippen LogP contribution in [0.1, 0.15) is 19.8 Å². The van der Waals surface area contributed by atoms with Gasteiger partial charge in [-0.3, -0.25) is 4.79 Å². The molecule has 1 atom stereocenters. The van der Waals surface area contributed by atoms with Crippen molar-refractivity contribution in [3.05, 3.63) is 0 Å². The monoisotopic (exact) mass is 202 g/mol. The van der Waals surface area contributed by atoms with Crippen molar-refractivity contribution in [1.29, 1.82) is 0 Å². The SMILES string of the molecule is C[C@H](N)C(=O)NC1(CO)CCOCC1. The highest BCUT2D eigenvalue weighted by atomic mass is 16.5. The first-order valence-electron chi connectivity index (χ1n) is 4.86. The lowest BCUT2D eigenvalue weighted by Crippen LogP contribution is -2.57. The second kappa shape index (κ2) is 4.72. The lowest BCUT2D eigenvalue weighted by atomic mass is 9.90. The Bertz CT molecular complexity index is 200. The molecule has 1 fully saturated rings. The number of carbonyl (C=O) groups excluding carboxylic acids is 1. The molecule has 14 heavy (non-hydrogen) atoms. The van der Waals surface area contributed by atoms with Crippen LogP contribution >= 0.6 is 0 Å². The molecule has 1 amide bonds. The van der Waals surface area contributed by atoms with Gasteiger partial charge in [0.2, 0.25) is 5.91 Å². The Morgan fingerprint density at radius 1 is 1.64 bits per heavy atom. The van der Waals surface area contributed by atoms with Crippen LogP contribution in [0.5, 0.6) is 0 Å². The normalized spacial score (nSPS) is 22.8. The first kappa shape index (κ1) is 11.4. The Labute approximate surface area is 83.6 Å². The number of aliphatic hydroxyl groups excluding tert-OH is 1. The molecule has 1 rings (SSSR count). The van der Waals surface area contributed by atoms with Crippen molar-refractivity contribution >= 4 is 5.91 Å². The van der Waals surface area contributed by atoms with E-state index in [1.54, 1.807) is 6.92 Å². The highest BCUT2D eigenvalue weighted by Gasteiger charge is 2.33. The molecular formula is C9H18N2O3. The minimum absolute atomic E-state index is 0.0607. The molecule has 1 aliphatic heterocycles. The molecule has 0 aromatic rings. The predicted molar refractivity (Wildman–Crippen MR) is 51.7 cm³/mol. The zero-order valence-corrected chi connectivity index (χ0v) is 8.45. The number of amides is 1. The molecule has 82 valence electrons. The number of rotatable bonds is 3. The van der Waals surface area contributed by atoms with Crippen LogP contribution in [-0.2, 0) is 9.53 Å². The number of carbonyl (C=O) groups is 1. The van der Waals surface area contributed by atoms with E-state index in [2.05, 4.69) is 5.32 Å². The summed E-state index contributed by atoms with van der Waals surface area (Å²) in [4.78, 5) is 11.4. The van der Waals surface area contributed by atoms with Crippen LogP contribution in [0.4, 0.5) is 0 Å². The van der Waals surface area contributed by atoms with Gasteiger partial charge in [-0.15, -0.1) is 0 Å². The van der Waals surface area contributed by atoms with Gasteiger partial charge in [-0.1, -0.05) is 0 Å². The van der Waals surface area contributed by atoms with E-state index >= 15 is 0 Å². The van der Waals surface area contributed by atoms with Crippen molar-refractivity contribution < 1.29 is 14.6 Å². The standard InChI is InChI=1S/C9H18N2O3/c1-7(10)8(13)11-9(6-12)2-4-14-5-3-9/h7,12H,2-6,10H2,1H3,(H,11,13)/t7-/m0/s1. The summed E-state index contributed by atoms with van der Waals surface area (Å²) in [7, 11) is 0. The summed E-state index contributed by atoms with van der Waals surface area (Å²) in [5.74, 6) is -0.221. The maximum atomic E-state index is 11.4. The van der Waals surface area contributed by atoms with E-state index in [1.807, 2.05) is 0 Å². The molecule has 1 heterocycles. The van der Waals surface area contributed by atoms with Gasteiger partial charge in [0.25, 0.3) is 0 Å². The zero-order valence-electron chi connectivity index (χ0n) is 8.45. The molecule has 0 aromatic carbocycles. The lowest BCUT2D eigenvalue weighted by molar-refractivity contribution is -0.126. The molecular weight excluding hydrogens is 184 g/mol. The minimum Gasteiger partial charge on any atom is -0.394 e. The van der Waals surface area contributed by atoms with Gasteiger partial charge in [0.05, 0.1) is 18.2 Å². The molecule has 5 heteroatoms. The third-order valence-corrected chi connectivity index (χ3v) is 2.55. The fourth-order valence-electron chi connectivity index (χ4n) is 1.46. The summed E-state index contributed by atoms with van der Waals surface area (Å²) in [6, 6.07) is -0.540. The first-order valence-corrected chi connectivity index (χ1v) is 4.86. The molecule has 0 radical (unpaired) electrons. The van der Waals surface area contributed by atoms with Gasteiger partial charge in [-0.2, -0.15) is 0 Å². The smallest absolute Gasteiger partial charge is 0.237 e. The summed E-state index contributed by atoms with van der Waals surface area (Å²) < 4.78 is 5.17. The first-order chi connectivity index (χ1) is 6.59. The van der Waals surface area contributed by atoms with Gasteiger partial charge in [-0.25, -0.2) is 0 Å². The lowest BCUT2D eigenvalue weighted by Gasteiger charge is -2.36. The molecule has 1 saturated heterocycles. The molecule has 5 nitrogen and oxygen atoms in total. The van der Waals surface area contributed by atoms with E-state index in [0.29, 0.717) is 26.1 Å². The molecule has 0 bridgehead atoms. The number of hydrogen-bond donors (Lipinski definition) is 3. The number of ether oxygens (including phenoxy) is 1. The van der Waals surface area contributed by atoms with Crippen molar-refractivity contribution in [3.8, 4) is 0 Å². The maximum Gasteiger partial charge on any atom is 0.237 e. The molecule has 0 unspecified atom stereocenters. The van der Waals surface area contributed by atoms with Crippen molar-refractivity contribution in [1.82, 2.24) is 5.32 Å². The molecule has 4 N–H and O–H groups in total. The van der Waals surface area contributed by atoms with E-state index in [0.717, 1.165) is 0 Å². The zero-order chi connectivity index (χ0) is 10.6. The van der Waals surface area contributed by atoms with Crippen LogP contribution in [-0.4, -0.2) is 42.4 Å². The fraction of sp³-hybridized carbons (Fsp3) is 0.889. The van der Waals surface area contributed by atoms with E-state index < -0.39 is 11.6 Å². The van der Waals surface area contributed by atoms with E-state index in [-0.39, 0.29) is 12.5 Å². The summed E-state index contributed by atoms with van der Waals surface area (Å²) in [5.41, 5.74) is 4.92. The van der Waals surface area contributed by atoms with E-state index in [4.69, 9.17) is 10.5 Å². The van der Waals surface area contributed by atoms with Crippen molar-refractivity contribution in [2.75, 3.05) is 19.8 Å². The Morgan fingerprint density at radius 2 is 2.21 bits per heavy atom. The summed E-state index contributed by atoms with van der Waals surface area (Å²) in [5, 5.41) is 12.0. The second-order valence-electron chi connectivity index (χ2n) is 3.83. The van der Waals surface area contributed by atoms with E-state index in [1.165, 1.54) is 0 Å². The topological polar surface area (TPSA) is 84.6 Å². The van der Waals surface area contributed by atoms with Crippen molar-refractivity contribution in [2.24, 2.45) is 5.73 Å². The number of nitrogens with two attached hydrogens (primary N) is 1. The number of aliphatic hydroxyl groups is 1. The highest BCUT2D eigenvalue weighted by Crippen LogP contribution is 2.19. The Balaban J connectivity index is 2.56. The van der Waals surface area contributed by atoms with Gasteiger partial charge >= 0.3 is 0 Å². The number of hydrogen-bond acceptors (Lipinski definition) is 4. The van der Waals surface area contributed by atoms with Crippen LogP contribution in [0.2, 0.25) is 0 Å². The molecule has 0 saturated carbocycles. The van der Waals surface area contributed by atoms with E-state index in [9.17, 15) is 9.90 Å². The van der Waals surface area contributed by atoms with Crippen LogP contribution in [0.3, 0.4) is 0 Å². The fourth-order valence-corrected chi connectivity index (χ4v) is 1.46. The summed E-state index contributed by atoms with van der Waals surface area (Å²) in [6.45, 7) is 2.70. The quantitative estimate of drug-likeness (QED) is 0.547. The summed E-state index contributed by atoms with van der Waals surface area (Å²) >= 11 is 0. The third-order valence-electron chi connectivity index (χ3n) is 2.55. The van der Waals surface area contributed by atoms with Crippen LogP contribution in [0, 0.1) is 0 Å². The molecule has 0 aliphatic carbocycles. The summed E-state index contributed by atoms with van der Waals surface area (Å²) in [6.07, 6.45) is 1.28. The van der Waals surface area contributed by atoms with Crippen LogP contribution in [0.25, 0.3) is 0 Å². The number of nitrogens with one attached hydrogen (secondary N) is 1. The van der Waals surface area contributed by atoms with Crippen LogP contribution < -0.4 is 11.1 Å². The Hall–Kier alpha value is -0.650. The van der Waals surface area contributed by atoms with Gasteiger partial charge in [-0.05, 0) is 19.8 Å². The Kier molecular flexibility index (Phi) is 3.86. The molecule has 0 spiro atoms. The average Bonchev–Trinajstić information content (AvgIpc) is 2.19. The minimum atomic E-state index is -0.540. The Morgan fingerprint density at radius 3 is 2.64 bits per heavy atom. The second-order valence-corrected chi connectivity index (χ2v) is 3.83. The van der Waals surface area contributed by atoms with Gasteiger partial charge in [0.1, 0.15) is 0 Å². The average molecular weight is 202 g/mol. The molecule has 0 aromatic heterocycles. The maximum absolute atomic E-state index is 11.4. The highest BCUT2D eigenvalue weighted by molar-refractivity contribution is 5.81. The predicted octanol–water partition coefficient (Wildman–Crippen LogP) is -1.01. The van der Waals surface area contributed by atoms with Crippen molar-refractivity contribution in [2.45, 2.75) is 31.3 Å². The van der Waals surface area contributed by atoms with Gasteiger partial charge in [0.15, 0.2) is 0 Å². The molecule has 1 aliphatic rings.